The predicted molar refractivity (Wildman–Crippen MR) is 65.2 cm³/mol. The third kappa shape index (κ3) is 1.84. The lowest BCUT2D eigenvalue weighted by molar-refractivity contribution is -0.132. The van der Waals surface area contributed by atoms with Gasteiger partial charge >= 0.3 is 0 Å². The molecule has 0 unspecified atom stereocenters. The summed E-state index contributed by atoms with van der Waals surface area (Å²) >= 11 is 0. The van der Waals surface area contributed by atoms with Crippen molar-refractivity contribution in [1.29, 1.82) is 0 Å². The normalized spacial score (nSPS) is 16.9. The maximum Gasteiger partial charge on any atom is 0.223 e. The molecule has 0 aliphatic carbocycles. The Balaban J connectivity index is 2.30. The van der Waals surface area contributed by atoms with Crippen molar-refractivity contribution in [2.75, 3.05) is 6.54 Å². The second-order valence-electron chi connectivity index (χ2n) is 5.07. The smallest absolute Gasteiger partial charge is 0.223 e. The molecule has 1 saturated heterocycles. The molecule has 2 heteroatoms. The first-order valence-corrected chi connectivity index (χ1v) is 5.89. The molecule has 1 heterocycles. The zero-order valence-corrected chi connectivity index (χ0v) is 10.3. The van der Waals surface area contributed by atoms with Gasteiger partial charge in [-0.25, -0.2) is 0 Å². The molecule has 86 valence electrons. The van der Waals surface area contributed by atoms with Crippen LogP contribution in [0.4, 0.5) is 0 Å². The highest BCUT2D eigenvalue weighted by molar-refractivity contribution is 5.79. The minimum atomic E-state index is -0.179. The highest BCUT2D eigenvalue weighted by Crippen LogP contribution is 2.31. The van der Waals surface area contributed by atoms with Crippen LogP contribution in [0.2, 0.25) is 0 Å². The van der Waals surface area contributed by atoms with E-state index >= 15 is 0 Å². The number of rotatable bonds is 2. The monoisotopic (exact) mass is 217 g/mol. The summed E-state index contributed by atoms with van der Waals surface area (Å²) in [4.78, 5) is 13.8. The van der Waals surface area contributed by atoms with Crippen molar-refractivity contribution < 1.29 is 4.79 Å². The average molecular weight is 217 g/mol. The number of nitrogens with zero attached hydrogens (tertiary/aromatic N) is 1. The molecular weight excluding hydrogens is 198 g/mol. The van der Waals surface area contributed by atoms with E-state index < -0.39 is 0 Å². The van der Waals surface area contributed by atoms with Crippen LogP contribution in [0, 0.1) is 6.92 Å². The number of hydrogen-bond donors (Lipinski definition) is 0. The van der Waals surface area contributed by atoms with Crippen LogP contribution in [0.25, 0.3) is 0 Å². The lowest BCUT2D eigenvalue weighted by Crippen LogP contribution is -2.42. The fraction of sp³-hybridized carbons (Fsp3) is 0.500. The molecule has 0 N–H and O–H groups in total. The first kappa shape index (κ1) is 11.2. The van der Waals surface area contributed by atoms with Crippen molar-refractivity contribution in [3.05, 3.63) is 35.4 Å². The van der Waals surface area contributed by atoms with Crippen molar-refractivity contribution in [3.8, 4) is 0 Å². The number of carbonyl (C=O) groups is 1. The fourth-order valence-corrected chi connectivity index (χ4v) is 2.36. The fourth-order valence-electron chi connectivity index (χ4n) is 2.36. The second-order valence-corrected chi connectivity index (χ2v) is 5.07. The number of benzene rings is 1. The summed E-state index contributed by atoms with van der Waals surface area (Å²) in [6.07, 6.45) is 1.70. The molecule has 0 aromatic heterocycles. The molecule has 0 radical (unpaired) electrons. The molecule has 1 amide bonds. The molecule has 2 rings (SSSR count). The first-order valence-electron chi connectivity index (χ1n) is 5.89. The molecule has 1 aliphatic heterocycles. The van der Waals surface area contributed by atoms with E-state index in [0.717, 1.165) is 13.0 Å². The van der Waals surface area contributed by atoms with Gasteiger partial charge in [0.15, 0.2) is 0 Å². The van der Waals surface area contributed by atoms with Crippen molar-refractivity contribution in [2.45, 2.75) is 39.2 Å². The highest BCUT2D eigenvalue weighted by atomic mass is 16.2. The van der Waals surface area contributed by atoms with E-state index in [0.29, 0.717) is 6.42 Å². The van der Waals surface area contributed by atoms with Crippen LogP contribution in [0.3, 0.4) is 0 Å². The lowest BCUT2D eigenvalue weighted by atomic mass is 9.92. The van der Waals surface area contributed by atoms with Gasteiger partial charge in [-0.1, -0.05) is 29.8 Å². The summed E-state index contributed by atoms with van der Waals surface area (Å²) < 4.78 is 0. The Hall–Kier alpha value is -1.31. The van der Waals surface area contributed by atoms with Crippen LogP contribution in [0.1, 0.15) is 37.8 Å². The Kier molecular flexibility index (Phi) is 2.75. The number of amides is 1. The largest absolute Gasteiger partial charge is 0.334 e. The topological polar surface area (TPSA) is 20.3 Å². The van der Waals surface area contributed by atoms with Crippen LogP contribution in [-0.4, -0.2) is 17.4 Å². The van der Waals surface area contributed by atoms with Gasteiger partial charge in [-0.3, -0.25) is 4.79 Å². The van der Waals surface area contributed by atoms with Gasteiger partial charge in [0.25, 0.3) is 0 Å². The predicted octanol–water partition coefficient (Wildman–Crippen LogP) is 2.85. The van der Waals surface area contributed by atoms with Gasteiger partial charge in [0.1, 0.15) is 0 Å². The quantitative estimate of drug-likeness (QED) is 0.746. The van der Waals surface area contributed by atoms with Gasteiger partial charge in [0, 0.05) is 13.0 Å². The summed E-state index contributed by atoms with van der Waals surface area (Å²) in [5, 5.41) is 0. The zero-order chi connectivity index (χ0) is 11.8. The number of hydrogen-bond acceptors (Lipinski definition) is 1. The Morgan fingerprint density at radius 3 is 2.31 bits per heavy atom. The maximum atomic E-state index is 11.8. The molecule has 0 atom stereocenters. The zero-order valence-electron chi connectivity index (χ0n) is 10.3. The van der Waals surface area contributed by atoms with Gasteiger partial charge in [-0.05, 0) is 32.8 Å². The van der Waals surface area contributed by atoms with Crippen molar-refractivity contribution in [2.24, 2.45) is 0 Å². The Bertz CT molecular complexity index is 392. The molecule has 1 aliphatic rings. The second kappa shape index (κ2) is 3.93. The molecule has 0 saturated carbocycles. The Labute approximate surface area is 97.3 Å². The standard InChI is InChI=1S/C14H19NO/c1-11-6-8-12(9-7-11)14(2,3)15-10-4-5-13(15)16/h6-9H,4-5,10H2,1-3H3. The van der Waals surface area contributed by atoms with Crippen molar-refractivity contribution >= 4 is 5.91 Å². The molecule has 16 heavy (non-hydrogen) atoms. The van der Waals surface area contributed by atoms with Gasteiger partial charge in [-0.2, -0.15) is 0 Å². The molecule has 0 bridgehead atoms. The average Bonchev–Trinajstić information content (AvgIpc) is 2.66. The summed E-state index contributed by atoms with van der Waals surface area (Å²) in [7, 11) is 0. The van der Waals surface area contributed by atoms with E-state index in [1.807, 2.05) is 4.90 Å². The van der Waals surface area contributed by atoms with Gasteiger partial charge in [-0.15, -0.1) is 0 Å². The lowest BCUT2D eigenvalue weighted by Gasteiger charge is -2.36. The SMILES string of the molecule is Cc1ccc(C(C)(C)N2CCCC2=O)cc1. The summed E-state index contributed by atoms with van der Waals surface area (Å²) in [6.45, 7) is 7.22. The van der Waals surface area contributed by atoms with Crippen LogP contribution in [0.5, 0.6) is 0 Å². The van der Waals surface area contributed by atoms with Crippen LogP contribution < -0.4 is 0 Å². The summed E-state index contributed by atoms with van der Waals surface area (Å²) in [5.41, 5.74) is 2.29. The minimum Gasteiger partial charge on any atom is -0.334 e. The van der Waals surface area contributed by atoms with Gasteiger partial charge in [0.2, 0.25) is 5.91 Å². The third-order valence-electron chi connectivity index (χ3n) is 3.51. The van der Waals surface area contributed by atoms with E-state index in [4.69, 9.17) is 0 Å². The molecule has 0 spiro atoms. The summed E-state index contributed by atoms with van der Waals surface area (Å²) in [5.74, 6) is 0.283. The van der Waals surface area contributed by atoms with E-state index in [-0.39, 0.29) is 11.4 Å². The van der Waals surface area contributed by atoms with E-state index in [9.17, 15) is 4.79 Å². The van der Waals surface area contributed by atoms with Gasteiger partial charge in [0.05, 0.1) is 5.54 Å². The van der Waals surface area contributed by atoms with E-state index in [1.165, 1.54) is 11.1 Å². The molecule has 1 aromatic rings. The maximum absolute atomic E-state index is 11.8. The van der Waals surface area contributed by atoms with E-state index in [2.05, 4.69) is 45.0 Å². The van der Waals surface area contributed by atoms with Crippen molar-refractivity contribution in [1.82, 2.24) is 4.90 Å². The highest BCUT2D eigenvalue weighted by Gasteiger charge is 2.34. The molecular formula is C14H19NO. The van der Waals surface area contributed by atoms with E-state index in [1.54, 1.807) is 0 Å². The van der Waals surface area contributed by atoms with Crippen LogP contribution in [-0.2, 0) is 10.3 Å². The van der Waals surface area contributed by atoms with Gasteiger partial charge < -0.3 is 4.90 Å². The number of likely N-dealkylation sites (tertiary alicyclic amines) is 1. The molecule has 1 fully saturated rings. The Morgan fingerprint density at radius 2 is 1.81 bits per heavy atom. The first-order chi connectivity index (χ1) is 7.51. The minimum absolute atomic E-state index is 0.179. The number of aryl methyl sites for hydroxylation is 1. The molecule has 1 aromatic carbocycles. The third-order valence-corrected chi connectivity index (χ3v) is 3.51. The van der Waals surface area contributed by atoms with Crippen LogP contribution >= 0.6 is 0 Å². The van der Waals surface area contributed by atoms with Crippen molar-refractivity contribution in [3.63, 3.8) is 0 Å². The Morgan fingerprint density at radius 1 is 1.19 bits per heavy atom. The van der Waals surface area contributed by atoms with Crippen LogP contribution in [0.15, 0.2) is 24.3 Å². The summed E-state index contributed by atoms with van der Waals surface area (Å²) in [6, 6.07) is 8.47. The molecule has 2 nitrogen and oxygen atoms in total. The number of carbonyl (C=O) groups excluding carboxylic acids is 1.